The summed E-state index contributed by atoms with van der Waals surface area (Å²) in [6.07, 6.45) is -5.16. The maximum atomic E-state index is 11.5. The highest BCUT2D eigenvalue weighted by Gasteiger charge is 2.41. The van der Waals surface area contributed by atoms with Gasteiger partial charge in [0.1, 0.15) is 0 Å². The number of carbonyl (C=O) groups is 2. The van der Waals surface area contributed by atoms with Crippen molar-refractivity contribution in [2.24, 2.45) is 0 Å². The van der Waals surface area contributed by atoms with Crippen molar-refractivity contribution in [1.29, 1.82) is 0 Å². The van der Waals surface area contributed by atoms with Crippen LogP contribution in [0.15, 0.2) is 0 Å². The molecule has 0 rings (SSSR count). The van der Waals surface area contributed by atoms with Gasteiger partial charge in [0.2, 0.25) is 0 Å². The van der Waals surface area contributed by atoms with E-state index in [1.54, 1.807) is 0 Å². The molecule has 2 amide bonds. The largest absolute Gasteiger partial charge is 0.493 e. The van der Waals surface area contributed by atoms with Crippen LogP contribution < -0.4 is 10.8 Å². The van der Waals surface area contributed by atoms with Gasteiger partial charge in [-0.05, 0) is 0 Å². The summed E-state index contributed by atoms with van der Waals surface area (Å²) in [5.41, 5.74) is 1.19. The van der Waals surface area contributed by atoms with Gasteiger partial charge in [-0.1, -0.05) is 0 Å². The van der Waals surface area contributed by atoms with Crippen LogP contribution in [0.5, 0.6) is 0 Å². The van der Waals surface area contributed by atoms with Crippen LogP contribution in [0.4, 0.5) is 18.0 Å². The van der Waals surface area contributed by atoms with Crippen LogP contribution in [0, 0.1) is 0 Å². The van der Waals surface area contributed by atoms with Gasteiger partial charge in [0.05, 0.1) is 6.61 Å². The molecule has 0 unspecified atom stereocenters. The van der Waals surface area contributed by atoms with E-state index in [9.17, 15) is 22.8 Å². The summed E-state index contributed by atoms with van der Waals surface area (Å²) in [7, 11) is 0. The zero-order valence-corrected chi connectivity index (χ0v) is 6.72. The Bertz CT molecular complexity index is 218. The molecule has 0 aliphatic carbocycles. The van der Waals surface area contributed by atoms with Gasteiger partial charge in [-0.3, -0.25) is 0 Å². The number of hydrogen-bond donors (Lipinski definition) is 3. The number of hydroxylamine groups is 1. The Morgan fingerprint density at radius 1 is 1.36 bits per heavy atom. The Hall–Kier alpha value is -1.51. The molecule has 6 nitrogen and oxygen atoms in total. The van der Waals surface area contributed by atoms with Gasteiger partial charge in [0.15, 0.2) is 0 Å². The first-order valence-corrected chi connectivity index (χ1v) is 3.30. The zero-order chi connectivity index (χ0) is 11.2. The van der Waals surface area contributed by atoms with Gasteiger partial charge >= 0.3 is 18.2 Å². The summed E-state index contributed by atoms with van der Waals surface area (Å²) < 4.78 is 34.4. The maximum absolute atomic E-state index is 11.5. The molecule has 0 bridgehead atoms. The van der Waals surface area contributed by atoms with Crippen LogP contribution in [0.25, 0.3) is 0 Å². The quantitative estimate of drug-likeness (QED) is 0.532. The molecule has 0 fully saturated rings. The molecule has 0 aliphatic rings. The number of alkyl halides is 3. The van der Waals surface area contributed by atoms with E-state index in [2.05, 4.69) is 4.84 Å². The molecule has 0 aromatic heterocycles. The molecule has 0 aromatic rings. The molecule has 82 valence electrons. The molecule has 0 aliphatic heterocycles. The summed E-state index contributed by atoms with van der Waals surface area (Å²) in [6, 6.07) is -1.16. The number of carbonyl (C=O) groups excluding carboxylic acids is 2. The van der Waals surface area contributed by atoms with Crippen LogP contribution in [-0.4, -0.2) is 36.4 Å². The lowest BCUT2D eigenvalue weighted by molar-refractivity contribution is -0.204. The Balaban J connectivity index is 3.73. The second kappa shape index (κ2) is 5.27. The van der Waals surface area contributed by atoms with E-state index in [4.69, 9.17) is 5.11 Å². The summed E-state index contributed by atoms with van der Waals surface area (Å²) in [6.45, 7) is -0.559. The van der Waals surface area contributed by atoms with Crippen molar-refractivity contribution in [3.05, 3.63) is 0 Å². The Morgan fingerprint density at radius 3 is 2.36 bits per heavy atom. The van der Waals surface area contributed by atoms with E-state index in [-0.39, 0.29) is 13.2 Å². The lowest BCUT2D eigenvalue weighted by Gasteiger charge is -2.07. The summed E-state index contributed by atoms with van der Waals surface area (Å²) in [5.74, 6) is -2.53. The minimum Gasteiger partial charge on any atom is -0.395 e. The number of halogens is 3. The summed E-state index contributed by atoms with van der Waals surface area (Å²) in [4.78, 5) is 23.8. The van der Waals surface area contributed by atoms with Gasteiger partial charge in [0.25, 0.3) is 0 Å². The molecule has 0 saturated heterocycles. The van der Waals surface area contributed by atoms with Gasteiger partial charge in [-0.2, -0.15) is 18.7 Å². The SMILES string of the molecule is O=C(NCCO)NOC(=O)C(F)(F)F. The monoisotopic (exact) mass is 216 g/mol. The fourth-order valence-electron chi connectivity index (χ4n) is 0.356. The van der Waals surface area contributed by atoms with Gasteiger partial charge in [-0.25, -0.2) is 9.59 Å². The second-order valence-corrected chi connectivity index (χ2v) is 1.97. The molecule has 0 aromatic carbocycles. The van der Waals surface area contributed by atoms with Crippen molar-refractivity contribution in [1.82, 2.24) is 10.8 Å². The molecule has 0 atom stereocenters. The number of urea groups is 1. The van der Waals surface area contributed by atoms with Crippen LogP contribution in [0.2, 0.25) is 0 Å². The number of nitrogens with one attached hydrogen (secondary N) is 2. The number of aliphatic hydroxyl groups excluding tert-OH is 1. The van der Waals surface area contributed by atoms with Crippen molar-refractivity contribution >= 4 is 12.0 Å². The Morgan fingerprint density at radius 2 is 1.93 bits per heavy atom. The fraction of sp³-hybridized carbons (Fsp3) is 0.600. The van der Waals surface area contributed by atoms with Gasteiger partial charge in [-0.15, -0.1) is 0 Å². The standard InChI is InChI=1S/C5H7F3N2O4/c6-5(7,8)3(12)14-10-4(13)9-1-2-11/h11H,1-2H2,(H2,9,10,13). The average Bonchev–Trinajstić information content (AvgIpc) is 2.09. The minimum absolute atomic E-state index is 0.171. The van der Waals surface area contributed by atoms with E-state index in [0.29, 0.717) is 0 Å². The molecular weight excluding hydrogens is 209 g/mol. The fourth-order valence-corrected chi connectivity index (χ4v) is 0.356. The number of aliphatic hydroxyl groups is 1. The number of amides is 2. The molecular formula is C5H7F3N2O4. The summed E-state index contributed by atoms with van der Waals surface area (Å²) in [5, 5.41) is 10.1. The highest BCUT2D eigenvalue weighted by Crippen LogP contribution is 2.15. The first kappa shape index (κ1) is 12.5. The smallest absolute Gasteiger partial charge is 0.395 e. The predicted molar refractivity (Wildman–Crippen MR) is 35.8 cm³/mol. The molecule has 0 saturated carbocycles. The second-order valence-electron chi connectivity index (χ2n) is 1.97. The average molecular weight is 216 g/mol. The number of hydrogen-bond acceptors (Lipinski definition) is 4. The molecule has 3 N–H and O–H groups in total. The first-order valence-electron chi connectivity index (χ1n) is 3.30. The topological polar surface area (TPSA) is 87.7 Å². The lowest BCUT2D eigenvalue weighted by Crippen LogP contribution is -2.41. The van der Waals surface area contributed by atoms with Crippen molar-refractivity contribution in [2.45, 2.75) is 6.18 Å². The van der Waals surface area contributed by atoms with Crippen LogP contribution in [0.3, 0.4) is 0 Å². The third-order valence-electron chi connectivity index (χ3n) is 0.865. The predicted octanol–water partition coefficient (Wildman–Crippen LogP) is -0.702. The Labute approximate surface area is 76.0 Å². The maximum Gasteiger partial charge on any atom is 0.493 e. The first-order chi connectivity index (χ1) is 6.38. The van der Waals surface area contributed by atoms with Crippen molar-refractivity contribution in [3.63, 3.8) is 0 Å². The molecule has 14 heavy (non-hydrogen) atoms. The molecule has 0 radical (unpaired) electrons. The van der Waals surface area contributed by atoms with Crippen molar-refractivity contribution < 1.29 is 32.7 Å². The van der Waals surface area contributed by atoms with E-state index in [1.165, 1.54) is 5.48 Å². The lowest BCUT2D eigenvalue weighted by atomic mass is 10.7. The zero-order valence-electron chi connectivity index (χ0n) is 6.72. The van der Waals surface area contributed by atoms with Crippen molar-refractivity contribution in [2.75, 3.05) is 13.2 Å². The minimum atomic E-state index is -5.16. The van der Waals surface area contributed by atoms with E-state index in [1.807, 2.05) is 5.32 Å². The third-order valence-corrected chi connectivity index (χ3v) is 0.865. The summed E-state index contributed by atoms with van der Waals surface area (Å²) >= 11 is 0. The van der Waals surface area contributed by atoms with E-state index >= 15 is 0 Å². The van der Waals surface area contributed by atoms with Gasteiger partial charge < -0.3 is 15.3 Å². The van der Waals surface area contributed by atoms with E-state index < -0.39 is 18.2 Å². The number of rotatable bonds is 2. The third kappa shape index (κ3) is 5.19. The highest BCUT2D eigenvalue weighted by atomic mass is 19.4. The molecule has 0 heterocycles. The van der Waals surface area contributed by atoms with E-state index in [0.717, 1.165) is 0 Å². The molecule has 9 heteroatoms. The van der Waals surface area contributed by atoms with Gasteiger partial charge in [0, 0.05) is 6.54 Å². The van der Waals surface area contributed by atoms with Crippen molar-refractivity contribution in [3.8, 4) is 0 Å². The normalized spacial score (nSPS) is 10.6. The molecule has 0 spiro atoms. The van der Waals surface area contributed by atoms with Crippen LogP contribution in [0.1, 0.15) is 0 Å². The Kier molecular flexibility index (Phi) is 4.70. The highest BCUT2D eigenvalue weighted by molar-refractivity contribution is 5.79. The van der Waals surface area contributed by atoms with Crippen LogP contribution >= 0.6 is 0 Å². The van der Waals surface area contributed by atoms with Crippen LogP contribution in [-0.2, 0) is 9.63 Å².